The summed E-state index contributed by atoms with van der Waals surface area (Å²) in [6.07, 6.45) is 0. The van der Waals surface area contributed by atoms with Crippen LogP contribution in [0.5, 0.6) is 34.5 Å². The summed E-state index contributed by atoms with van der Waals surface area (Å²) in [5.74, 6) is 4.43. The molecule has 0 aliphatic heterocycles. The van der Waals surface area contributed by atoms with E-state index in [2.05, 4.69) is 76.2 Å². The molecule has 0 radical (unpaired) electrons. The van der Waals surface area contributed by atoms with Gasteiger partial charge in [0.1, 0.15) is 34.5 Å². The van der Waals surface area contributed by atoms with Gasteiger partial charge in [-0.25, -0.2) is 0 Å². The van der Waals surface area contributed by atoms with Crippen LogP contribution in [-0.2, 0) is 10.8 Å². The summed E-state index contributed by atoms with van der Waals surface area (Å²) in [6, 6.07) is 47.7. The van der Waals surface area contributed by atoms with Crippen LogP contribution in [0.25, 0.3) is 0 Å². The van der Waals surface area contributed by atoms with Gasteiger partial charge in [-0.3, -0.25) is 0 Å². The van der Waals surface area contributed by atoms with E-state index in [0.29, 0.717) is 11.5 Å². The Hall–Kier alpha value is -5.68. The molecule has 0 bridgehead atoms. The summed E-state index contributed by atoms with van der Waals surface area (Å²) >= 11 is 0. The molecule has 5 heteroatoms. The first-order valence-corrected chi connectivity index (χ1v) is 15.7. The van der Waals surface area contributed by atoms with Gasteiger partial charge in [0.05, 0.1) is 0 Å². The number of hydrogen-bond acceptors (Lipinski definition) is 5. The quantitative estimate of drug-likeness (QED) is 0.149. The van der Waals surface area contributed by atoms with Crippen molar-refractivity contribution in [2.24, 2.45) is 0 Å². The molecule has 0 heterocycles. The maximum Gasteiger partial charge on any atom is 0.127 e. The molecule has 0 saturated heterocycles. The third-order valence-electron chi connectivity index (χ3n) is 8.77. The second-order valence-corrected chi connectivity index (χ2v) is 12.8. The van der Waals surface area contributed by atoms with Crippen LogP contribution in [0, 0.1) is 0 Å². The Balaban J connectivity index is 1.03. The number of anilines is 2. The number of nitrogen functional groups attached to an aromatic ring is 2. The van der Waals surface area contributed by atoms with Crippen LogP contribution in [0.15, 0.2) is 146 Å². The molecule has 0 amide bonds. The van der Waals surface area contributed by atoms with Gasteiger partial charge >= 0.3 is 0 Å². The molecule has 6 rings (SSSR count). The molecular formula is C42H40N2O3. The molecule has 6 aromatic carbocycles. The van der Waals surface area contributed by atoms with E-state index in [4.69, 9.17) is 25.7 Å². The predicted molar refractivity (Wildman–Crippen MR) is 192 cm³/mol. The van der Waals surface area contributed by atoms with Gasteiger partial charge in [-0.05, 0) is 119 Å². The molecule has 6 aromatic rings. The maximum absolute atomic E-state index is 6.10. The predicted octanol–water partition coefficient (Wildman–Crippen LogP) is 10.9. The molecular weight excluding hydrogens is 580 g/mol. The van der Waals surface area contributed by atoms with Crippen LogP contribution in [0.1, 0.15) is 49.9 Å². The van der Waals surface area contributed by atoms with Gasteiger partial charge in [-0.1, -0.05) is 76.2 Å². The molecule has 0 aromatic heterocycles. The van der Waals surface area contributed by atoms with Crippen LogP contribution >= 0.6 is 0 Å². The molecule has 0 spiro atoms. The van der Waals surface area contributed by atoms with Gasteiger partial charge in [-0.15, -0.1) is 0 Å². The van der Waals surface area contributed by atoms with Crippen molar-refractivity contribution in [2.75, 3.05) is 11.5 Å². The standard InChI is InChI=1S/C42H40N2O3/c1-41(2,29-5-13-33(43)14-6-29)31-9-17-35(18-10-31)45-37-21-25-39(26-22-37)47-40-27-23-38(24-28-40)46-36-19-11-32(12-20-36)42(3,4)30-7-15-34(44)16-8-30/h5-28H,43-44H2,1-4H3. The van der Waals surface area contributed by atoms with E-state index in [1.165, 1.54) is 22.3 Å². The van der Waals surface area contributed by atoms with Gasteiger partial charge < -0.3 is 25.7 Å². The van der Waals surface area contributed by atoms with Crippen LogP contribution in [0.3, 0.4) is 0 Å². The SMILES string of the molecule is CC(C)(c1ccc(N)cc1)c1ccc(Oc2ccc(Oc3ccc(Oc4ccc(C(C)(C)c5ccc(N)cc5)cc4)cc3)cc2)cc1. The maximum atomic E-state index is 6.10. The van der Waals surface area contributed by atoms with Gasteiger partial charge in [0.25, 0.3) is 0 Å². The second kappa shape index (κ2) is 13.0. The van der Waals surface area contributed by atoms with Crippen LogP contribution in [0.4, 0.5) is 11.4 Å². The highest BCUT2D eigenvalue weighted by atomic mass is 16.5. The number of hydrogen-bond donors (Lipinski definition) is 2. The monoisotopic (exact) mass is 620 g/mol. The highest BCUT2D eigenvalue weighted by molar-refractivity contribution is 5.48. The van der Waals surface area contributed by atoms with E-state index in [-0.39, 0.29) is 10.8 Å². The first kappa shape index (κ1) is 31.3. The molecule has 0 fully saturated rings. The zero-order chi connectivity index (χ0) is 33.0. The summed E-state index contributed by atoms with van der Waals surface area (Å²) in [6.45, 7) is 8.82. The lowest BCUT2D eigenvalue weighted by Crippen LogP contribution is -2.18. The normalized spacial score (nSPS) is 11.6. The largest absolute Gasteiger partial charge is 0.457 e. The van der Waals surface area contributed by atoms with Crippen LogP contribution in [-0.4, -0.2) is 0 Å². The molecule has 0 saturated carbocycles. The fourth-order valence-electron chi connectivity index (χ4n) is 5.57. The van der Waals surface area contributed by atoms with Crippen molar-refractivity contribution in [1.82, 2.24) is 0 Å². The van der Waals surface area contributed by atoms with Gasteiger partial charge in [0.15, 0.2) is 0 Å². The van der Waals surface area contributed by atoms with Gasteiger partial charge in [0.2, 0.25) is 0 Å². The highest BCUT2D eigenvalue weighted by Crippen LogP contribution is 2.36. The molecule has 236 valence electrons. The Morgan fingerprint density at radius 3 is 0.681 bits per heavy atom. The summed E-state index contributed by atoms with van der Waals surface area (Å²) < 4.78 is 18.3. The van der Waals surface area contributed by atoms with E-state index < -0.39 is 0 Å². The Bertz CT molecular complexity index is 1770. The lowest BCUT2D eigenvalue weighted by atomic mass is 9.78. The van der Waals surface area contributed by atoms with Crippen molar-refractivity contribution >= 4 is 11.4 Å². The summed E-state index contributed by atoms with van der Waals surface area (Å²) in [7, 11) is 0. The molecule has 0 atom stereocenters. The van der Waals surface area contributed by atoms with E-state index in [9.17, 15) is 0 Å². The number of benzene rings is 6. The fraction of sp³-hybridized carbons (Fsp3) is 0.143. The molecule has 0 unspecified atom stereocenters. The van der Waals surface area contributed by atoms with Gasteiger partial charge in [-0.2, -0.15) is 0 Å². The minimum Gasteiger partial charge on any atom is -0.457 e. The lowest BCUT2D eigenvalue weighted by Gasteiger charge is -2.26. The van der Waals surface area contributed by atoms with E-state index >= 15 is 0 Å². The first-order valence-electron chi connectivity index (χ1n) is 15.7. The molecule has 0 aliphatic carbocycles. The molecule has 5 nitrogen and oxygen atoms in total. The minimum atomic E-state index is -0.155. The Morgan fingerprint density at radius 1 is 0.298 bits per heavy atom. The molecule has 0 aliphatic rings. The minimum absolute atomic E-state index is 0.155. The first-order chi connectivity index (χ1) is 22.6. The van der Waals surface area contributed by atoms with E-state index in [1.807, 2.05) is 97.1 Å². The average Bonchev–Trinajstić information content (AvgIpc) is 3.07. The zero-order valence-electron chi connectivity index (χ0n) is 27.2. The lowest BCUT2D eigenvalue weighted by molar-refractivity contribution is 0.464. The third-order valence-corrected chi connectivity index (χ3v) is 8.77. The summed E-state index contributed by atoms with van der Waals surface area (Å²) in [4.78, 5) is 0. The molecule has 47 heavy (non-hydrogen) atoms. The number of ether oxygens (including phenoxy) is 3. The summed E-state index contributed by atoms with van der Waals surface area (Å²) in [5, 5.41) is 0. The van der Waals surface area contributed by atoms with Crippen LogP contribution < -0.4 is 25.7 Å². The van der Waals surface area contributed by atoms with Gasteiger partial charge in [0, 0.05) is 22.2 Å². The average molecular weight is 621 g/mol. The van der Waals surface area contributed by atoms with E-state index in [0.717, 1.165) is 34.4 Å². The number of rotatable bonds is 10. The number of nitrogens with two attached hydrogens (primary N) is 2. The highest BCUT2D eigenvalue weighted by Gasteiger charge is 2.24. The van der Waals surface area contributed by atoms with E-state index in [1.54, 1.807) is 0 Å². The zero-order valence-corrected chi connectivity index (χ0v) is 27.2. The third kappa shape index (κ3) is 7.26. The topological polar surface area (TPSA) is 79.7 Å². The van der Waals surface area contributed by atoms with Crippen molar-refractivity contribution < 1.29 is 14.2 Å². The smallest absolute Gasteiger partial charge is 0.127 e. The Labute approximate surface area is 277 Å². The Kier molecular flexibility index (Phi) is 8.64. The summed E-state index contributed by atoms with van der Waals surface area (Å²) in [5.41, 5.74) is 17.8. The van der Waals surface area contributed by atoms with Crippen LogP contribution in [0.2, 0.25) is 0 Å². The Morgan fingerprint density at radius 2 is 0.468 bits per heavy atom. The van der Waals surface area contributed by atoms with Crippen molar-refractivity contribution in [3.8, 4) is 34.5 Å². The van der Waals surface area contributed by atoms with Crippen molar-refractivity contribution in [3.05, 3.63) is 168 Å². The van der Waals surface area contributed by atoms with Crippen molar-refractivity contribution in [2.45, 2.75) is 38.5 Å². The van der Waals surface area contributed by atoms with Crippen molar-refractivity contribution in [1.29, 1.82) is 0 Å². The fourth-order valence-corrected chi connectivity index (χ4v) is 5.57. The molecule has 4 N–H and O–H groups in total. The van der Waals surface area contributed by atoms with Crippen molar-refractivity contribution in [3.63, 3.8) is 0 Å². The second-order valence-electron chi connectivity index (χ2n) is 12.8.